The Bertz CT molecular complexity index is 1210. The van der Waals surface area contributed by atoms with Crippen LogP contribution in [0.4, 0.5) is 5.69 Å². The zero-order valence-electron chi connectivity index (χ0n) is 17.5. The number of benzene rings is 2. The van der Waals surface area contributed by atoms with Gasteiger partial charge in [0.1, 0.15) is 5.82 Å². The van der Waals surface area contributed by atoms with Gasteiger partial charge in [-0.3, -0.25) is 19.1 Å². The molecule has 2 aromatic carbocycles. The standard InChI is InChI=1S/C25H26N4O2/c30-23(17-28-12-5-2-6-13-28)26-20-9-10-21-22(16-20)27-24-19(11-14-29(24)25(21)31)15-18-7-3-1-4-8-18/h1,3-4,7-10,15-16H,2,5-6,11-14,17H2,(H,26,30). The number of likely N-dealkylation sites (tertiary alicyclic amines) is 1. The highest BCUT2D eigenvalue weighted by Crippen LogP contribution is 2.28. The minimum Gasteiger partial charge on any atom is -0.325 e. The first-order valence-corrected chi connectivity index (χ1v) is 11.0. The molecule has 2 aliphatic heterocycles. The van der Waals surface area contributed by atoms with E-state index < -0.39 is 0 Å². The molecule has 3 heterocycles. The van der Waals surface area contributed by atoms with E-state index in [4.69, 9.17) is 4.98 Å². The van der Waals surface area contributed by atoms with Crippen molar-refractivity contribution in [2.75, 3.05) is 25.0 Å². The summed E-state index contributed by atoms with van der Waals surface area (Å²) in [7, 11) is 0. The van der Waals surface area contributed by atoms with E-state index in [0.29, 0.717) is 29.7 Å². The van der Waals surface area contributed by atoms with E-state index in [9.17, 15) is 9.59 Å². The van der Waals surface area contributed by atoms with Gasteiger partial charge in [0.2, 0.25) is 5.91 Å². The second kappa shape index (κ2) is 8.47. The van der Waals surface area contributed by atoms with Gasteiger partial charge < -0.3 is 5.32 Å². The molecule has 1 fully saturated rings. The lowest BCUT2D eigenvalue weighted by Gasteiger charge is -2.25. The Hall–Kier alpha value is -3.25. The van der Waals surface area contributed by atoms with Crippen LogP contribution in [0.2, 0.25) is 0 Å². The SMILES string of the molecule is O=C(CN1CCCCC1)Nc1ccc2c(=O)n3c(nc2c1)C(=Cc1ccccc1)CC3. The lowest BCUT2D eigenvalue weighted by Crippen LogP contribution is -2.36. The number of carbonyl (C=O) groups is 1. The van der Waals surface area contributed by atoms with Crippen molar-refractivity contribution in [2.24, 2.45) is 0 Å². The molecule has 2 aliphatic rings. The third-order valence-electron chi connectivity index (χ3n) is 6.09. The second-order valence-corrected chi connectivity index (χ2v) is 8.34. The molecule has 1 amide bonds. The van der Waals surface area contributed by atoms with Crippen LogP contribution in [0.1, 0.15) is 37.1 Å². The molecule has 6 nitrogen and oxygen atoms in total. The molecule has 3 aromatic rings. The number of nitrogens with one attached hydrogen (secondary N) is 1. The average Bonchev–Trinajstić information content (AvgIpc) is 3.18. The summed E-state index contributed by atoms with van der Waals surface area (Å²) in [5, 5.41) is 3.56. The molecule has 1 aromatic heterocycles. The van der Waals surface area contributed by atoms with Crippen LogP contribution in [0.25, 0.3) is 22.6 Å². The Morgan fingerprint density at radius 3 is 2.65 bits per heavy atom. The third kappa shape index (κ3) is 4.16. The number of nitrogens with zero attached hydrogens (tertiary/aromatic N) is 3. The molecule has 0 bridgehead atoms. The lowest BCUT2D eigenvalue weighted by atomic mass is 10.1. The molecular weight excluding hydrogens is 388 g/mol. The zero-order chi connectivity index (χ0) is 21.2. The Kier molecular flexibility index (Phi) is 5.38. The predicted octanol–water partition coefficient (Wildman–Crippen LogP) is 3.77. The molecule has 0 unspecified atom stereocenters. The van der Waals surface area contributed by atoms with E-state index in [2.05, 4.69) is 16.3 Å². The van der Waals surface area contributed by atoms with Crippen LogP contribution in [0, 0.1) is 0 Å². The largest absolute Gasteiger partial charge is 0.325 e. The number of hydrogen-bond donors (Lipinski definition) is 1. The minimum absolute atomic E-state index is 0.0243. The van der Waals surface area contributed by atoms with Crippen LogP contribution < -0.4 is 10.9 Å². The fraction of sp³-hybridized carbons (Fsp3) is 0.320. The Labute approximate surface area is 181 Å². The summed E-state index contributed by atoms with van der Waals surface area (Å²) in [4.78, 5) is 32.5. The summed E-state index contributed by atoms with van der Waals surface area (Å²) in [5.41, 5.74) is 3.43. The van der Waals surface area contributed by atoms with Gasteiger partial charge in [-0.1, -0.05) is 36.8 Å². The molecule has 0 atom stereocenters. The monoisotopic (exact) mass is 414 g/mol. The Morgan fingerprint density at radius 2 is 1.84 bits per heavy atom. The number of piperidine rings is 1. The van der Waals surface area contributed by atoms with Gasteiger partial charge >= 0.3 is 0 Å². The van der Waals surface area contributed by atoms with Crippen molar-refractivity contribution in [3.8, 4) is 0 Å². The highest BCUT2D eigenvalue weighted by atomic mass is 16.2. The number of fused-ring (bicyclic) bond motifs is 2. The molecule has 1 N–H and O–H groups in total. The van der Waals surface area contributed by atoms with Gasteiger partial charge in [-0.15, -0.1) is 0 Å². The van der Waals surface area contributed by atoms with Gasteiger partial charge in [-0.25, -0.2) is 4.98 Å². The average molecular weight is 415 g/mol. The first kappa shape index (κ1) is 19.7. The van der Waals surface area contributed by atoms with Gasteiger partial charge in [-0.05, 0) is 67.8 Å². The molecule has 0 radical (unpaired) electrons. The molecule has 5 rings (SSSR count). The number of allylic oxidation sites excluding steroid dienone is 1. The van der Waals surface area contributed by atoms with E-state index in [0.717, 1.165) is 49.3 Å². The van der Waals surface area contributed by atoms with Crippen molar-refractivity contribution >= 4 is 34.1 Å². The molecular formula is C25H26N4O2. The van der Waals surface area contributed by atoms with Crippen LogP contribution in [-0.4, -0.2) is 40.0 Å². The van der Waals surface area contributed by atoms with E-state index >= 15 is 0 Å². The maximum Gasteiger partial charge on any atom is 0.261 e. The first-order chi connectivity index (χ1) is 15.2. The van der Waals surface area contributed by atoms with E-state index in [1.54, 1.807) is 16.7 Å². The van der Waals surface area contributed by atoms with Crippen molar-refractivity contribution in [2.45, 2.75) is 32.2 Å². The van der Waals surface area contributed by atoms with Gasteiger partial charge in [-0.2, -0.15) is 0 Å². The molecule has 31 heavy (non-hydrogen) atoms. The summed E-state index contributed by atoms with van der Waals surface area (Å²) < 4.78 is 1.76. The molecule has 158 valence electrons. The Morgan fingerprint density at radius 1 is 1.03 bits per heavy atom. The molecule has 0 aliphatic carbocycles. The number of rotatable bonds is 4. The van der Waals surface area contributed by atoms with Crippen LogP contribution in [0.15, 0.2) is 53.3 Å². The summed E-state index contributed by atoms with van der Waals surface area (Å²) in [6, 6.07) is 15.5. The smallest absolute Gasteiger partial charge is 0.261 e. The highest BCUT2D eigenvalue weighted by Gasteiger charge is 2.21. The normalized spacial score (nSPS) is 17.7. The Balaban J connectivity index is 1.42. The quantitative estimate of drug-likeness (QED) is 0.706. The van der Waals surface area contributed by atoms with Crippen molar-refractivity contribution < 1.29 is 4.79 Å². The van der Waals surface area contributed by atoms with Gasteiger partial charge in [0.15, 0.2) is 0 Å². The van der Waals surface area contributed by atoms with Crippen LogP contribution >= 0.6 is 0 Å². The number of anilines is 1. The van der Waals surface area contributed by atoms with Gasteiger partial charge in [0.05, 0.1) is 17.4 Å². The van der Waals surface area contributed by atoms with Gasteiger partial charge in [0, 0.05) is 12.2 Å². The minimum atomic E-state index is -0.0253. The number of carbonyl (C=O) groups excluding carboxylic acids is 1. The van der Waals surface area contributed by atoms with E-state index in [-0.39, 0.29) is 11.5 Å². The summed E-state index contributed by atoms with van der Waals surface area (Å²) in [5.74, 6) is 0.696. The summed E-state index contributed by atoms with van der Waals surface area (Å²) >= 11 is 0. The predicted molar refractivity (Wildman–Crippen MR) is 124 cm³/mol. The second-order valence-electron chi connectivity index (χ2n) is 8.34. The van der Waals surface area contributed by atoms with Crippen molar-refractivity contribution in [1.29, 1.82) is 0 Å². The van der Waals surface area contributed by atoms with E-state index in [1.165, 1.54) is 6.42 Å². The van der Waals surface area contributed by atoms with Crippen LogP contribution in [-0.2, 0) is 11.3 Å². The first-order valence-electron chi connectivity index (χ1n) is 11.0. The summed E-state index contributed by atoms with van der Waals surface area (Å²) in [6.45, 7) is 3.00. The zero-order valence-corrected chi connectivity index (χ0v) is 17.5. The van der Waals surface area contributed by atoms with E-state index in [1.807, 2.05) is 36.4 Å². The number of hydrogen-bond acceptors (Lipinski definition) is 4. The fourth-order valence-corrected chi connectivity index (χ4v) is 4.50. The van der Waals surface area contributed by atoms with Crippen molar-refractivity contribution in [1.82, 2.24) is 14.5 Å². The highest BCUT2D eigenvalue weighted by molar-refractivity contribution is 5.95. The van der Waals surface area contributed by atoms with Gasteiger partial charge in [0.25, 0.3) is 5.56 Å². The van der Waals surface area contributed by atoms with Crippen LogP contribution in [0.3, 0.4) is 0 Å². The molecule has 1 saturated heterocycles. The summed E-state index contributed by atoms with van der Waals surface area (Å²) in [6.07, 6.45) is 6.44. The van der Waals surface area contributed by atoms with Crippen molar-refractivity contribution in [3.05, 3.63) is 70.3 Å². The van der Waals surface area contributed by atoms with Crippen LogP contribution in [0.5, 0.6) is 0 Å². The maximum absolute atomic E-state index is 13.0. The molecule has 0 spiro atoms. The number of amides is 1. The third-order valence-corrected chi connectivity index (χ3v) is 6.09. The number of aromatic nitrogens is 2. The topological polar surface area (TPSA) is 67.2 Å². The maximum atomic E-state index is 13.0. The molecule has 0 saturated carbocycles. The molecule has 6 heteroatoms. The van der Waals surface area contributed by atoms with Crippen molar-refractivity contribution in [3.63, 3.8) is 0 Å². The fourth-order valence-electron chi connectivity index (χ4n) is 4.50. The lowest BCUT2D eigenvalue weighted by molar-refractivity contribution is -0.117.